The lowest BCUT2D eigenvalue weighted by atomic mass is 10.2. The summed E-state index contributed by atoms with van der Waals surface area (Å²) in [6.07, 6.45) is 1.57. The van der Waals surface area contributed by atoms with E-state index in [2.05, 4.69) is 39.7 Å². The largest absolute Gasteiger partial charge is 0.343 e. The van der Waals surface area contributed by atoms with E-state index in [0.717, 1.165) is 0 Å². The van der Waals surface area contributed by atoms with Crippen LogP contribution in [0.25, 0.3) is 0 Å². The third-order valence-electron chi connectivity index (χ3n) is 3.90. The molecule has 0 bridgehead atoms. The first-order chi connectivity index (χ1) is 12.4. The second-order valence-electron chi connectivity index (χ2n) is 6.32. The van der Waals surface area contributed by atoms with E-state index in [1.807, 2.05) is 5.01 Å². The molecular weight excluding hydrogens is 425 g/mol. The Labute approximate surface area is 164 Å². The number of nitrogens with zero attached hydrogens (tertiary/aromatic N) is 5. The lowest BCUT2D eigenvalue weighted by molar-refractivity contribution is 0.213. The number of halogens is 3. The number of hydrazine groups is 1. The fourth-order valence-electron chi connectivity index (χ4n) is 2.77. The first-order valence-electron chi connectivity index (χ1n) is 8.17. The number of carbonyl (C=O) groups excluding carboxylic acids is 1. The number of carbonyl (C=O) groups is 1. The van der Waals surface area contributed by atoms with Gasteiger partial charge >= 0.3 is 6.03 Å². The van der Waals surface area contributed by atoms with Gasteiger partial charge in [-0.1, -0.05) is 13.8 Å². The normalized spacial score (nSPS) is 14.5. The molecule has 3 rings (SSSR count). The Bertz CT molecular complexity index is 804. The van der Waals surface area contributed by atoms with Crippen LogP contribution in [-0.4, -0.2) is 40.6 Å². The van der Waals surface area contributed by atoms with Gasteiger partial charge in [-0.2, -0.15) is 4.98 Å². The van der Waals surface area contributed by atoms with Crippen LogP contribution in [0.1, 0.15) is 13.8 Å². The van der Waals surface area contributed by atoms with Gasteiger partial charge in [0.1, 0.15) is 5.82 Å². The monoisotopic (exact) mass is 441 g/mol. The topological polar surface area (TPSA) is 52.6 Å². The standard InChI is InChI=1S/C17H18BrClFN5O/c1-11(2)10-25(15-14(18)9-21-16(19)22-15)24-8-7-23(17(24)26)13-5-3-12(20)4-6-13/h3-6,9,11H,7-8,10H2,1-2H3. The Kier molecular flexibility index (Phi) is 5.62. The maximum absolute atomic E-state index is 13.2. The third-order valence-corrected chi connectivity index (χ3v) is 4.64. The van der Waals surface area contributed by atoms with Crippen LogP contribution in [0.4, 0.5) is 20.7 Å². The first-order valence-corrected chi connectivity index (χ1v) is 9.34. The minimum absolute atomic E-state index is 0.110. The van der Waals surface area contributed by atoms with Gasteiger partial charge in [-0.15, -0.1) is 0 Å². The molecule has 1 aliphatic rings. The quantitative estimate of drug-likeness (QED) is 0.646. The molecular formula is C17H18BrClFN5O. The summed E-state index contributed by atoms with van der Waals surface area (Å²) in [6.45, 7) is 5.67. The van der Waals surface area contributed by atoms with E-state index in [9.17, 15) is 9.18 Å². The van der Waals surface area contributed by atoms with Gasteiger partial charge in [0, 0.05) is 25.0 Å². The predicted molar refractivity (Wildman–Crippen MR) is 103 cm³/mol. The number of hydrogen-bond donors (Lipinski definition) is 0. The molecule has 0 spiro atoms. The van der Waals surface area contributed by atoms with Crippen molar-refractivity contribution in [2.24, 2.45) is 5.92 Å². The molecule has 138 valence electrons. The van der Waals surface area contributed by atoms with E-state index in [4.69, 9.17) is 11.6 Å². The van der Waals surface area contributed by atoms with Crippen LogP contribution in [0.5, 0.6) is 0 Å². The van der Waals surface area contributed by atoms with Crippen molar-refractivity contribution in [3.8, 4) is 0 Å². The van der Waals surface area contributed by atoms with Gasteiger partial charge in [-0.3, -0.25) is 9.91 Å². The number of benzene rings is 1. The Hall–Kier alpha value is -1.93. The van der Waals surface area contributed by atoms with Crippen LogP contribution >= 0.6 is 27.5 Å². The number of aromatic nitrogens is 2. The summed E-state index contributed by atoms with van der Waals surface area (Å²) in [5.74, 6) is 0.481. The highest BCUT2D eigenvalue weighted by Crippen LogP contribution is 2.30. The van der Waals surface area contributed by atoms with Crippen molar-refractivity contribution in [2.75, 3.05) is 29.5 Å². The van der Waals surface area contributed by atoms with Crippen LogP contribution in [0.2, 0.25) is 5.28 Å². The molecule has 2 aromatic rings. The summed E-state index contributed by atoms with van der Waals surface area (Å²) in [6, 6.07) is 5.69. The smallest absolute Gasteiger partial charge is 0.291 e. The molecule has 1 aliphatic heterocycles. The second-order valence-corrected chi connectivity index (χ2v) is 7.51. The molecule has 26 heavy (non-hydrogen) atoms. The van der Waals surface area contributed by atoms with Gasteiger partial charge in [0.2, 0.25) is 5.28 Å². The SMILES string of the molecule is CC(C)CN(c1nc(Cl)ncc1Br)N1CCN(c2ccc(F)cc2)C1=O. The van der Waals surface area contributed by atoms with Gasteiger partial charge in [-0.05, 0) is 57.7 Å². The molecule has 0 radical (unpaired) electrons. The minimum Gasteiger partial charge on any atom is -0.291 e. The van der Waals surface area contributed by atoms with Crippen molar-refractivity contribution in [1.29, 1.82) is 0 Å². The first kappa shape index (κ1) is 18.8. The van der Waals surface area contributed by atoms with E-state index in [1.165, 1.54) is 12.1 Å². The maximum atomic E-state index is 13.2. The molecule has 1 fully saturated rings. The van der Waals surface area contributed by atoms with Crippen LogP contribution in [0.15, 0.2) is 34.9 Å². The molecule has 1 aromatic carbocycles. The zero-order valence-electron chi connectivity index (χ0n) is 14.4. The van der Waals surface area contributed by atoms with E-state index in [-0.39, 0.29) is 23.0 Å². The fraction of sp³-hybridized carbons (Fsp3) is 0.353. The van der Waals surface area contributed by atoms with Gasteiger partial charge in [0.15, 0.2) is 5.82 Å². The van der Waals surface area contributed by atoms with E-state index >= 15 is 0 Å². The molecule has 0 atom stereocenters. The molecule has 0 aliphatic carbocycles. The molecule has 9 heteroatoms. The highest BCUT2D eigenvalue weighted by molar-refractivity contribution is 9.10. The number of rotatable bonds is 5. The van der Waals surface area contributed by atoms with Crippen LogP contribution in [0, 0.1) is 11.7 Å². The minimum atomic E-state index is -0.335. The zero-order valence-corrected chi connectivity index (χ0v) is 16.7. The van der Waals surface area contributed by atoms with Crippen LogP contribution in [-0.2, 0) is 0 Å². The van der Waals surface area contributed by atoms with Gasteiger partial charge in [-0.25, -0.2) is 19.2 Å². The van der Waals surface area contributed by atoms with Crippen molar-refractivity contribution in [2.45, 2.75) is 13.8 Å². The molecule has 0 unspecified atom stereocenters. The number of anilines is 2. The van der Waals surface area contributed by atoms with Crippen molar-refractivity contribution < 1.29 is 9.18 Å². The Balaban J connectivity index is 1.91. The summed E-state index contributed by atoms with van der Waals surface area (Å²) >= 11 is 9.40. The molecule has 6 nitrogen and oxygen atoms in total. The third kappa shape index (κ3) is 3.91. The average Bonchev–Trinajstić information content (AvgIpc) is 2.97. The summed E-state index contributed by atoms with van der Waals surface area (Å²) in [5, 5.41) is 3.56. The van der Waals surface area contributed by atoms with Crippen molar-refractivity contribution in [3.63, 3.8) is 0 Å². The summed E-state index contributed by atoms with van der Waals surface area (Å²) in [5.41, 5.74) is 0.656. The summed E-state index contributed by atoms with van der Waals surface area (Å²) in [7, 11) is 0. The molecule has 2 amide bonds. The maximum Gasteiger partial charge on any atom is 0.343 e. The van der Waals surface area contributed by atoms with Crippen LogP contribution in [0.3, 0.4) is 0 Å². The molecule has 0 saturated carbocycles. The molecule has 1 saturated heterocycles. The molecule has 1 aromatic heterocycles. The number of amides is 2. The Morgan fingerprint density at radius 2 is 2.00 bits per heavy atom. The average molecular weight is 443 g/mol. The van der Waals surface area contributed by atoms with Crippen molar-refractivity contribution >= 4 is 45.1 Å². The van der Waals surface area contributed by atoms with E-state index in [1.54, 1.807) is 28.2 Å². The highest BCUT2D eigenvalue weighted by Gasteiger charge is 2.35. The summed E-state index contributed by atoms with van der Waals surface area (Å²) < 4.78 is 13.8. The zero-order chi connectivity index (χ0) is 18.8. The number of urea groups is 1. The van der Waals surface area contributed by atoms with E-state index < -0.39 is 0 Å². The lowest BCUT2D eigenvalue weighted by Crippen LogP contribution is -2.48. The predicted octanol–water partition coefficient (Wildman–Crippen LogP) is 4.35. The van der Waals surface area contributed by atoms with Gasteiger partial charge < -0.3 is 0 Å². The van der Waals surface area contributed by atoms with Gasteiger partial charge in [0.05, 0.1) is 11.0 Å². The van der Waals surface area contributed by atoms with Crippen molar-refractivity contribution in [1.82, 2.24) is 15.0 Å². The van der Waals surface area contributed by atoms with Gasteiger partial charge in [0.25, 0.3) is 0 Å². The fourth-order valence-corrected chi connectivity index (χ4v) is 3.30. The van der Waals surface area contributed by atoms with Crippen LogP contribution < -0.4 is 9.91 Å². The molecule has 2 heterocycles. The molecule has 0 N–H and O–H groups in total. The Morgan fingerprint density at radius 3 is 2.65 bits per heavy atom. The number of hydrogen-bond acceptors (Lipinski definition) is 4. The van der Waals surface area contributed by atoms with Crippen molar-refractivity contribution in [3.05, 3.63) is 46.0 Å². The highest BCUT2D eigenvalue weighted by atomic mass is 79.9. The second kappa shape index (κ2) is 7.75. The van der Waals surface area contributed by atoms with E-state index in [0.29, 0.717) is 35.6 Å². The Morgan fingerprint density at radius 1 is 1.31 bits per heavy atom. The summed E-state index contributed by atoms with van der Waals surface area (Å²) in [4.78, 5) is 22.9. The lowest BCUT2D eigenvalue weighted by Gasteiger charge is -2.34.